The molecule has 0 radical (unpaired) electrons. The molecule has 1 aromatic heterocycles. The molecule has 0 aliphatic carbocycles. The van der Waals surface area contributed by atoms with Gasteiger partial charge in [-0.1, -0.05) is 0 Å². The summed E-state index contributed by atoms with van der Waals surface area (Å²) in [5, 5.41) is 30.6. The molecule has 0 amide bonds. The van der Waals surface area contributed by atoms with Gasteiger partial charge in [0.1, 0.15) is 11.6 Å². The smallest absolute Gasteiger partial charge is 0.550 e. The molecule has 0 saturated carbocycles. The van der Waals surface area contributed by atoms with Crippen molar-refractivity contribution in [3.63, 3.8) is 0 Å². The minimum absolute atomic E-state index is 0. The van der Waals surface area contributed by atoms with E-state index in [1.165, 1.54) is 38.1 Å². The van der Waals surface area contributed by atoms with Crippen LogP contribution in [0, 0.1) is 25.5 Å². The molecule has 0 aliphatic heterocycles. The second-order valence-electron chi connectivity index (χ2n) is 8.62. The summed E-state index contributed by atoms with van der Waals surface area (Å²) >= 11 is 0. The average Bonchev–Trinajstić information content (AvgIpc) is 3.15. The Hall–Kier alpha value is -2.31. The summed E-state index contributed by atoms with van der Waals surface area (Å²) in [4.78, 5) is 14.4. The first-order chi connectivity index (χ1) is 16.8. The Morgan fingerprint density at radius 3 is 2.11 bits per heavy atom. The van der Waals surface area contributed by atoms with Crippen molar-refractivity contribution < 1.29 is 71.6 Å². The van der Waals surface area contributed by atoms with E-state index < -0.39 is 54.8 Å². The molecule has 0 unspecified atom stereocenters. The van der Waals surface area contributed by atoms with Gasteiger partial charge in [0.05, 0.1) is 23.6 Å². The van der Waals surface area contributed by atoms with Crippen molar-refractivity contribution in [1.29, 1.82) is 0 Å². The van der Waals surface area contributed by atoms with E-state index in [0.717, 1.165) is 16.7 Å². The van der Waals surface area contributed by atoms with Crippen LogP contribution in [0.25, 0.3) is 22.5 Å². The zero-order chi connectivity index (χ0) is 26.8. The molecule has 0 fully saturated rings. The van der Waals surface area contributed by atoms with Crippen LogP contribution in [0.3, 0.4) is 0 Å². The number of aromatic nitrogens is 2. The number of aryl methyl sites for hydroxylation is 2. The normalized spacial score (nSPS) is 13.2. The van der Waals surface area contributed by atoms with E-state index in [1.54, 1.807) is 0 Å². The molecule has 0 saturated heterocycles. The Balaban J connectivity index is 0.00000481. The summed E-state index contributed by atoms with van der Waals surface area (Å²) in [5.41, 5.74) is 0.700. The number of carbonyl (C=O) groups excluding carboxylic acids is 1. The maximum absolute atomic E-state index is 14.3. The van der Waals surface area contributed by atoms with Crippen LogP contribution < -0.4 is 34.7 Å². The number of aliphatic hydroxyl groups is 2. The van der Waals surface area contributed by atoms with Gasteiger partial charge in [-0.3, -0.25) is 0 Å². The molecule has 3 rings (SSSR count). The number of imidazole rings is 1. The van der Waals surface area contributed by atoms with Crippen LogP contribution in [0.15, 0.2) is 36.4 Å². The fourth-order valence-corrected chi connectivity index (χ4v) is 4.06. The van der Waals surface area contributed by atoms with E-state index in [2.05, 4.69) is 4.98 Å². The van der Waals surface area contributed by atoms with Gasteiger partial charge < -0.3 is 24.7 Å². The summed E-state index contributed by atoms with van der Waals surface area (Å²) < 4.78 is 70.8. The van der Waals surface area contributed by atoms with Crippen LogP contribution in [-0.2, 0) is 17.5 Å². The molecule has 194 valence electrons. The van der Waals surface area contributed by atoms with Gasteiger partial charge in [-0.2, -0.15) is 13.2 Å². The van der Waals surface area contributed by atoms with Crippen LogP contribution in [0.1, 0.15) is 36.2 Å². The van der Waals surface area contributed by atoms with Gasteiger partial charge in [0.25, 0.3) is 0 Å². The third-order valence-electron chi connectivity index (χ3n) is 5.68. The van der Waals surface area contributed by atoms with Gasteiger partial charge >= 0.3 is 35.7 Å². The number of aliphatic carboxylic acids is 1. The first kappa shape index (κ1) is 30.9. The quantitative estimate of drug-likeness (QED) is 0.313. The second kappa shape index (κ2) is 12.5. The van der Waals surface area contributed by atoms with Crippen molar-refractivity contribution in [1.82, 2.24) is 9.55 Å². The predicted molar refractivity (Wildman–Crippen MR) is 118 cm³/mol. The number of carboxylic acids is 1. The molecule has 37 heavy (non-hydrogen) atoms. The molecule has 12 heteroatoms. The molecular formula is C25H24F5N2NaO4. The molecule has 2 aromatic carbocycles. The van der Waals surface area contributed by atoms with Crippen molar-refractivity contribution in [2.45, 2.75) is 58.0 Å². The third-order valence-corrected chi connectivity index (χ3v) is 5.68. The number of benzene rings is 2. The van der Waals surface area contributed by atoms with E-state index in [0.29, 0.717) is 0 Å². The fraction of sp³-hybridized carbons (Fsp3) is 0.360. The second-order valence-corrected chi connectivity index (χ2v) is 8.62. The fourth-order valence-electron chi connectivity index (χ4n) is 4.06. The minimum atomic E-state index is -4.91. The van der Waals surface area contributed by atoms with E-state index in [9.17, 15) is 42.1 Å². The van der Waals surface area contributed by atoms with Crippen LogP contribution in [0.4, 0.5) is 22.0 Å². The molecule has 0 spiro atoms. The van der Waals surface area contributed by atoms with Crippen molar-refractivity contribution in [3.8, 4) is 22.5 Å². The summed E-state index contributed by atoms with van der Waals surface area (Å²) in [6.07, 6.45) is -9.08. The van der Waals surface area contributed by atoms with Gasteiger partial charge in [0.15, 0.2) is 0 Å². The predicted octanol–water partition coefficient (Wildman–Crippen LogP) is 0.777. The van der Waals surface area contributed by atoms with E-state index in [-0.39, 0.29) is 76.0 Å². The first-order valence-electron chi connectivity index (χ1n) is 11.0. The summed E-state index contributed by atoms with van der Waals surface area (Å²) in [6.45, 7) is 2.53. The number of alkyl halides is 3. The zero-order valence-corrected chi connectivity index (χ0v) is 22.4. The Morgan fingerprint density at radius 1 is 1.03 bits per heavy atom. The number of carbonyl (C=O) groups is 1. The summed E-state index contributed by atoms with van der Waals surface area (Å²) in [7, 11) is 0. The number of rotatable bonds is 9. The average molecular weight is 534 g/mol. The summed E-state index contributed by atoms with van der Waals surface area (Å²) in [6, 6.07) is 7.47. The SMILES string of the molecule is Cc1cc(-c2c(-c3ccc(F)cc3)nc(C(F)(F)F)n2CC[C@@H](O)C[C@@H](O)CC(=O)[O-])cc(C)c1F.[Na+]. The summed E-state index contributed by atoms with van der Waals surface area (Å²) in [5.74, 6) is -3.92. The Labute approximate surface area is 232 Å². The van der Waals surface area contributed by atoms with Crippen LogP contribution in [0.2, 0.25) is 0 Å². The molecule has 1 heterocycles. The standard InChI is InChI=1S/C25H25F5N2O4.Na/c1-13-9-16(10-14(2)21(13)27)23-22(15-3-5-17(26)6-4-15)31-24(25(28,29)30)32(23)8-7-18(33)11-19(34)12-20(35)36;/h3-6,9-10,18-19,33-34H,7-8,11-12H2,1-2H3,(H,35,36);/q;+1/p-1/t18-,19-;/m1./s1. The largest absolute Gasteiger partial charge is 1.00 e. The number of nitrogens with zero attached hydrogens (tertiary/aromatic N) is 2. The Bertz CT molecular complexity index is 1220. The van der Waals surface area contributed by atoms with Gasteiger partial charge in [0, 0.05) is 30.1 Å². The third kappa shape index (κ3) is 7.61. The maximum atomic E-state index is 14.3. The molecule has 0 bridgehead atoms. The van der Waals surface area contributed by atoms with Gasteiger partial charge in [-0.05, 0) is 74.2 Å². The van der Waals surface area contributed by atoms with Gasteiger partial charge in [-0.15, -0.1) is 0 Å². The zero-order valence-electron chi connectivity index (χ0n) is 20.4. The van der Waals surface area contributed by atoms with Crippen molar-refractivity contribution in [3.05, 3.63) is 65.0 Å². The van der Waals surface area contributed by atoms with E-state index >= 15 is 0 Å². The molecule has 0 aliphatic rings. The molecule has 6 nitrogen and oxygen atoms in total. The number of hydrogen-bond acceptors (Lipinski definition) is 5. The van der Waals surface area contributed by atoms with E-state index in [1.807, 2.05) is 0 Å². The number of hydrogen-bond donors (Lipinski definition) is 2. The van der Waals surface area contributed by atoms with E-state index in [4.69, 9.17) is 0 Å². The molecular weight excluding hydrogens is 510 g/mol. The molecule has 2 N–H and O–H groups in total. The van der Waals surface area contributed by atoms with Gasteiger partial charge in [-0.25, -0.2) is 13.8 Å². The first-order valence-corrected chi connectivity index (χ1v) is 11.0. The maximum Gasteiger partial charge on any atom is 1.00 e. The van der Waals surface area contributed by atoms with Crippen LogP contribution in [-0.4, -0.2) is 37.9 Å². The topological polar surface area (TPSA) is 98.4 Å². The van der Waals surface area contributed by atoms with Crippen molar-refractivity contribution in [2.75, 3.05) is 0 Å². The van der Waals surface area contributed by atoms with Crippen LogP contribution >= 0.6 is 0 Å². The Kier molecular flexibility index (Phi) is 10.4. The minimum Gasteiger partial charge on any atom is -0.550 e. The monoisotopic (exact) mass is 534 g/mol. The van der Waals surface area contributed by atoms with Gasteiger partial charge in [0.2, 0.25) is 5.82 Å². The molecule has 2 atom stereocenters. The van der Waals surface area contributed by atoms with Crippen molar-refractivity contribution >= 4 is 5.97 Å². The van der Waals surface area contributed by atoms with Crippen LogP contribution in [0.5, 0.6) is 0 Å². The van der Waals surface area contributed by atoms with Crippen molar-refractivity contribution in [2.24, 2.45) is 0 Å². The number of halogens is 5. The Morgan fingerprint density at radius 2 is 1.59 bits per heavy atom. The number of aliphatic hydroxyl groups excluding tert-OH is 2. The molecule has 3 aromatic rings. The number of carboxylic acid groups (broad SMARTS) is 1.